The van der Waals surface area contributed by atoms with E-state index in [9.17, 15) is 0 Å². The van der Waals surface area contributed by atoms with Crippen molar-refractivity contribution in [2.75, 3.05) is 0 Å². The lowest BCUT2D eigenvalue weighted by Gasteiger charge is -2.20. The minimum Gasteiger partial charge on any atom is -0.455 e. The van der Waals surface area contributed by atoms with Crippen molar-refractivity contribution in [2.45, 2.75) is 25.3 Å². The Labute approximate surface area is 306 Å². The molecule has 0 saturated heterocycles. The van der Waals surface area contributed by atoms with Crippen molar-refractivity contribution in [1.29, 1.82) is 0 Å². The van der Waals surface area contributed by atoms with Gasteiger partial charge in [-0.15, -0.1) is 0 Å². The Kier molecular flexibility index (Phi) is 7.47. The molecule has 0 saturated carbocycles. The highest BCUT2D eigenvalue weighted by atomic mass is 35.5. The zero-order valence-electron chi connectivity index (χ0n) is 28.4. The first-order valence-corrected chi connectivity index (χ1v) is 18.3. The van der Waals surface area contributed by atoms with Crippen LogP contribution >= 0.6 is 11.6 Å². The Balaban J connectivity index is 1.13. The number of aliphatic imine (C=N–C) groups is 2. The van der Waals surface area contributed by atoms with Crippen LogP contribution in [0.15, 0.2) is 172 Å². The molecule has 2 heterocycles. The van der Waals surface area contributed by atoms with Crippen LogP contribution in [0.5, 0.6) is 0 Å². The maximum absolute atomic E-state index is 7.18. The summed E-state index contributed by atoms with van der Waals surface area (Å²) in [6.45, 7) is 0. The van der Waals surface area contributed by atoms with Crippen LogP contribution in [0, 0.1) is 0 Å². The number of benzene rings is 8. The molecule has 0 amide bonds. The summed E-state index contributed by atoms with van der Waals surface area (Å²) >= 11 is 7.18. The van der Waals surface area contributed by atoms with E-state index in [0.29, 0.717) is 10.9 Å². The number of hydrogen-bond donors (Lipinski definition) is 0. The first kappa shape index (κ1) is 30.8. The molecule has 0 radical (unpaired) electrons. The second kappa shape index (κ2) is 12.6. The highest BCUT2D eigenvalue weighted by molar-refractivity contribution is 6.36. The third kappa shape index (κ3) is 5.37. The normalized spacial score (nSPS) is 17.2. The van der Waals surface area contributed by atoms with Gasteiger partial charge in [-0.2, -0.15) is 0 Å². The molecular weight excluding hydrogens is 656 g/mol. The third-order valence-corrected chi connectivity index (χ3v) is 10.9. The van der Waals surface area contributed by atoms with Gasteiger partial charge in [0.2, 0.25) is 0 Å². The average Bonchev–Trinajstić information content (AvgIpc) is 3.55. The van der Waals surface area contributed by atoms with Crippen molar-refractivity contribution >= 4 is 77.4 Å². The van der Waals surface area contributed by atoms with Crippen LogP contribution in [-0.2, 0) is 0 Å². The van der Waals surface area contributed by atoms with Gasteiger partial charge in [0.25, 0.3) is 0 Å². The summed E-state index contributed by atoms with van der Waals surface area (Å²) in [5.74, 6) is 0.646. The van der Waals surface area contributed by atoms with E-state index in [0.717, 1.165) is 68.8 Å². The average molecular weight is 689 g/mol. The number of halogens is 1. The van der Waals surface area contributed by atoms with E-state index in [1.807, 2.05) is 12.1 Å². The smallest absolute Gasteiger partial charge is 0.156 e. The van der Waals surface area contributed by atoms with Gasteiger partial charge in [0.05, 0.1) is 16.8 Å². The lowest BCUT2D eigenvalue weighted by molar-refractivity contribution is 0.622. The maximum Gasteiger partial charge on any atom is 0.156 e. The highest BCUT2D eigenvalue weighted by Crippen LogP contribution is 2.38. The van der Waals surface area contributed by atoms with E-state index in [-0.39, 0.29) is 6.04 Å². The van der Waals surface area contributed by atoms with Crippen molar-refractivity contribution in [3.8, 4) is 11.1 Å². The van der Waals surface area contributed by atoms with Crippen molar-refractivity contribution in [2.24, 2.45) is 9.98 Å². The Morgan fingerprint density at radius 2 is 1.19 bits per heavy atom. The highest BCUT2D eigenvalue weighted by Gasteiger charge is 2.22. The third-order valence-electron chi connectivity index (χ3n) is 10.6. The van der Waals surface area contributed by atoms with E-state index >= 15 is 0 Å². The summed E-state index contributed by atoms with van der Waals surface area (Å²) in [6, 6.07) is 55.7. The van der Waals surface area contributed by atoms with Gasteiger partial charge in [0.15, 0.2) is 5.84 Å². The molecular formula is C48H33ClN2O. The van der Waals surface area contributed by atoms with Gasteiger partial charge in [-0.05, 0) is 86.6 Å². The molecule has 10 rings (SSSR count). The number of amidine groups is 1. The van der Waals surface area contributed by atoms with Gasteiger partial charge < -0.3 is 4.42 Å². The summed E-state index contributed by atoms with van der Waals surface area (Å²) in [7, 11) is 0. The minimum absolute atomic E-state index is 0.0649. The van der Waals surface area contributed by atoms with Crippen LogP contribution in [0.25, 0.3) is 65.4 Å². The van der Waals surface area contributed by atoms with Gasteiger partial charge >= 0.3 is 0 Å². The second-order valence-electron chi connectivity index (χ2n) is 13.7. The maximum atomic E-state index is 7.18. The van der Waals surface area contributed by atoms with E-state index in [1.54, 1.807) is 0 Å². The second-order valence-corrected chi connectivity index (χ2v) is 14.1. The van der Waals surface area contributed by atoms with Gasteiger partial charge in [-0.25, -0.2) is 4.99 Å². The molecule has 4 heteroatoms. The quantitative estimate of drug-likeness (QED) is 0.170. The zero-order chi connectivity index (χ0) is 34.6. The molecule has 1 aromatic heterocycles. The molecule has 8 aromatic carbocycles. The summed E-state index contributed by atoms with van der Waals surface area (Å²) < 4.78 is 6.47. The molecule has 3 nitrogen and oxygen atoms in total. The van der Waals surface area contributed by atoms with Crippen LogP contribution in [0.4, 0.5) is 0 Å². The van der Waals surface area contributed by atoms with Crippen LogP contribution in [-0.4, -0.2) is 11.5 Å². The van der Waals surface area contributed by atoms with E-state index in [2.05, 4.69) is 146 Å². The Morgan fingerprint density at radius 3 is 2.04 bits per heavy atom. The molecule has 0 fully saturated rings. The van der Waals surface area contributed by atoms with E-state index in [1.165, 1.54) is 38.2 Å². The Morgan fingerprint density at radius 1 is 0.538 bits per heavy atom. The molecule has 0 N–H and O–H groups in total. The van der Waals surface area contributed by atoms with Gasteiger partial charge in [0, 0.05) is 27.8 Å². The molecule has 0 aliphatic carbocycles. The van der Waals surface area contributed by atoms with Crippen LogP contribution < -0.4 is 0 Å². The molecule has 1 unspecified atom stereocenters. The lowest BCUT2D eigenvalue weighted by Crippen LogP contribution is -2.13. The minimum atomic E-state index is -0.0649. The van der Waals surface area contributed by atoms with E-state index < -0.39 is 0 Å². The van der Waals surface area contributed by atoms with Gasteiger partial charge in [-0.1, -0.05) is 145 Å². The summed E-state index contributed by atoms with van der Waals surface area (Å²) in [4.78, 5) is 10.9. The fourth-order valence-electron chi connectivity index (χ4n) is 7.88. The Hall–Kier alpha value is -6.03. The van der Waals surface area contributed by atoms with Crippen molar-refractivity contribution in [1.82, 2.24) is 0 Å². The van der Waals surface area contributed by atoms with Gasteiger partial charge in [-0.3, -0.25) is 4.99 Å². The number of hydrogen-bond acceptors (Lipinski definition) is 3. The number of nitrogens with zero attached hydrogens (tertiary/aromatic N) is 2. The lowest BCUT2D eigenvalue weighted by atomic mass is 9.94. The fourth-order valence-corrected chi connectivity index (χ4v) is 8.12. The molecule has 248 valence electrons. The fraction of sp³-hybridized carbons (Fsp3) is 0.0833. The topological polar surface area (TPSA) is 37.9 Å². The van der Waals surface area contributed by atoms with E-state index in [4.69, 9.17) is 26.0 Å². The number of rotatable bonds is 4. The van der Waals surface area contributed by atoms with Crippen LogP contribution in [0.1, 0.15) is 42.0 Å². The summed E-state index contributed by atoms with van der Waals surface area (Å²) in [6.07, 6.45) is 2.69. The van der Waals surface area contributed by atoms with Gasteiger partial charge in [0.1, 0.15) is 11.2 Å². The predicted molar refractivity (Wildman–Crippen MR) is 219 cm³/mol. The molecule has 1 atom stereocenters. The molecule has 9 aromatic rings. The summed E-state index contributed by atoms with van der Waals surface area (Å²) in [5.41, 5.74) is 8.12. The van der Waals surface area contributed by atoms with Crippen LogP contribution in [0.2, 0.25) is 5.02 Å². The molecule has 1 aliphatic rings. The predicted octanol–water partition coefficient (Wildman–Crippen LogP) is 13.5. The largest absolute Gasteiger partial charge is 0.455 e. The first-order chi connectivity index (χ1) is 25.7. The standard InChI is InChI=1S/C48H33ClN2O/c49-43-29-46-41(40-26-23-33-12-5-7-14-39(33)47(40)52-46)28-42(43)48-50-44(34-20-17-31(18-21-34)30-9-2-1-3-10-30)15-8-16-45(51-48)36-24-25-38-35(27-36)22-19-32-11-4-6-13-37(32)38/h1-7,9-14,17-29,44H,8,15-16H2/b50-48-,51-45+. The van der Waals surface area contributed by atoms with Crippen molar-refractivity contribution in [3.63, 3.8) is 0 Å². The number of fused-ring (bicyclic) bond motifs is 8. The molecule has 0 spiro atoms. The van der Waals surface area contributed by atoms with Crippen LogP contribution in [0.3, 0.4) is 0 Å². The molecule has 52 heavy (non-hydrogen) atoms. The molecule has 0 bridgehead atoms. The first-order valence-electron chi connectivity index (χ1n) is 17.9. The van der Waals surface area contributed by atoms with Crippen molar-refractivity contribution < 1.29 is 4.42 Å². The zero-order valence-corrected chi connectivity index (χ0v) is 29.1. The number of furan rings is 1. The summed E-state index contributed by atoms with van der Waals surface area (Å²) in [5, 5.41) is 9.80. The Bertz CT molecular complexity index is 2880. The monoisotopic (exact) mass is 688 g/mol. The SMILES string of the molecule is Clc1cc2oc3c4ccccc4ccc3c2cc1C1=N/C(c2ccc(-c3ccccc3)cc2)CCC/C(c2ccc3c(ccc4ccccc43)c2)=N\1. The van der Waals surface area contributed by atoms with Crippen molar-refractivity contribution in [3.05, 3.63) is 179 Å². The molecule has 1 aliphatic heterocycles.